The molecule has 1 aromatic heterocycles. The van der Waals surface area contributed by atoms with E-state index in [1.165, 1.54) is 19.3 Å². The average Bonchev–Trinajstić information content (AvgIpc) is 3.49. The van der Waals surface area contributed by atoms with E-state index in [0.717, 1.165) is 17.9 Å². The second-order valence-corrected chi connectivity index (χ2v) is 8.58. The standard InChI is InChI=1S/C23H27NO5S/c1-27-18-10-16(11-19(12-18)28-7-6-25)21-5-4-17(29-21)13-22(30)23(26)24-20-9-14-2-3-15(20)8-14/h4-5,10-12,14-15,20,25H,2-3,6-9,13H2,1H3,(H,24,26). The van der Waals surface area contributed by atoms with Gasteiger partial charge < -0.3 is 24.3 Å². The molecule has 0 radical (unpaired) electrons. The molecule has 3 unspecified atom stereocenters. The zero-order valence-corrected chi connectivity index (χ0v) is 17.9. The molecule has 2 aromatic rings. The Balaban J connectivity index is 1.40. The molecule has 2 aliphatic carbocycles. The fourth-order valence-corrected chi connectivity index (χ4v) is 4.82. The first-order valence-corrected chi connectivity index (χ1v) is 10.8. The third-order valence-corrected chi connectivity index (χ3v) is 6.39. The zero-order chi connectivity index (χ0) is 21.1. The van der Waals surface area contributed by atoms with E-state index in [1.54, 1.807) is 13.2 Å². The number of amides is 1. The number of fused-ring (bicyclic) bond motifs is 2. The van der Waals surface area contributed by atoms with Gasteiger partial charge in [0.05, 0.1) is 18.6 Å². The van der Waals surface area contributed by atoms with E-state index in [0.29, 0.717) is 40.2 Å². The Morgan fingerprint density at radius 3 is 2.77 bits per heavy atom. The van der Waals surface area contributed by atoms with Crippen LogP contribution in [0, 0.1) is 11.8 Å². The minimum atomic E-state index is -0.151. The first kappa shape index (κ1) is 20.9. The van der Waals surface area contributed by atoms with E-state index in [9.17, 15) is 4.79 Å². The molecule has 0 saturated heterocycles. The third kappa shape index (κ3) is 4.68. The molecular weight excluding hydrogens is 402 g/mol. The molecule has 2 aliphatic rings. The molecule has 6 nitrogen and oxygen atoms in total. The van der Waals surface area contributed by atoms with Crippen LogP contribution in [-0.2, 0) is 11.2 Å². The number of nitrogens with one attached hydrogen (secondary N) is 1. The second-order valence-electron chi connectivity index (χ2n) is 8.09. The Morgan fingerprint density at radius 1 is 1.23 bits per heavy atom. The Hall–Kier alpha value is -2.38. The maximum Gasteiger partial charge on any atom is 0.258 e. The van der Waals surface area contributed by atoms with Gasteiger partial charge in [-0.25, -0.2) is 0 Å². The van der Waals surface area contributed by atoms with Gasteiger partial charge in [0, 0.05) is 24.1 Å². The van der Waals surface area contributed by atoms with Crippen LogP contribution in [-0.4, -0.2) is 42.2 Å². The Morgan fingerprint density at radius 2 is 2.07 bits per heavy atom. The van der Waals surface area contributed by atoms with Gasteiger partial charge in [-0.1, -0.05) is 18.6 Å². The van der Waals surface area contributed by atoms with Gasteiger partial charge in [-0.05, 0) is 55.4 Å². The smallest absolute Gasteiger partial charge is 0.258 e. The summed E-state index contributed by atoms with van der Waals surface area (Å²) in [6.45, 7) is 0.126. The molecule has 2 N–H and O–H groups in total. The van der Waals surface area contributed by atoms with Gasteiger partial charge >= 0.3 is 0 Å². The lowest BCUT2D eigenvalue weighted by Crippen LogP contribution is -2.42. The molecule has 2 fully saturated rings. The highest BCUT2D eigenvalue weighted by molar-refractivity contribution is 7.82. The topological polar surface area (TPSA) is 80.9 Å². The monoisotopic (exact) mass is 429 g/mol. The molecule has 30 heavy (non-hydrogen) atoms. The summed E-state index contributed by atoms with van der Waals surface area (Å²) in [5.74, 6) is 3.72. The lowest BCUT2D eigenvalue weighted by molar-refractivity contribution is -0.115. The Bertz CT molecular complexity index is 924. The predicted molar refractivity (Wildman–Crippen MR) is 117 cm³/mol. The fraction of sp³-hybridized carbons (Fsp3) is 0.478. The molecule has 2 bridgehead atoms. The van der Waals surface area contributed by atoms with Crippen molar-refractivity contribution in [2.45, 2.75) is 38.1 Å². The molecule has 4 rings (SSSR count). The number of aliphatic hydroxyl groups excluding tert-OH is 1. The summed E-state index contributed by atoms with van der Waals surface area (Å²) in [6.07, 6.45) is 5.13. The van der Waals surface area contributed by atoms with Crippen LogP contribution in [0.25, 0.3) is 11.3 Å². The maximum atomic E-state index is 12.5. The summed E-state index contributed by atoms with van der Waals surface area (Å²) in [5, 5.41) is 12.1. The molecule has 2 saturated carbocycles. The van der Waals surface area contributed by atoms with Crippen molar-refractivity contribution in [3.63, 3.8) is 0 Å². The van der Waals surface area contributed by atoms with Crippen molar-refractivity contribution < 1.29 is 23.8 Å². The number of hydrogen-bond acceptors (Lipinski definition) is 6. The summed E-state index contributed by atoms with van der Waals surface area (Å²) >= 11 is 5.38. The molecule has 1 heterocycles. The highest BCUT2D eigenvalue weighted by Crippen LogP contribution is 2.44. The molecule has 3 atom stereocenters. The quantitative estimate of drug-likeness (QED) is 0.594. The minimum absolute atomic E-state index is 0.0702. The van der Waals surface area contributed by atoms with Gasteiger partial charge in [-0.15, -0.1) is 0 Å². The van der Waals surface area contributed by atoms with Crippen molar-refractivity contribution in [2.75, 3.05) is 20.3 Å². The minimum Gasteiger partial charge on any atom is -0.497 e. The number of carbonyl (C=O) groups is 1. The largest absolute Gasteiger partial charge is 0.497 e. The number of hydrogen-bond donors (Lipinski definition) is 2. The second kappa shape index (κ2) is 9.18. The van der Waals surface area contributed by atoms with Crippen LogP contribution in [0.15, 0.2) is 34.7 Å². The highest BCUT2D eigenvalue weighted by Gasteiger charge is 2.40. The Kier molecular flexibility index (Phi) is 6.39. The maximum absolute atomic E-state index is 12.5. The lowest BCUT2D eigenvalue weighted by Gasteiger charge is -2.22. The molecule has 1 amide bonds. The van der Waals surface area contributed by atoms with Crippen LogP contribution < -0.4 is 14.8 Å². The third-order valence-electron chi connectivity index (χ3n) is 6.06. The molecule has 1 aromatic carbocycles. The van der Waals surface area contributed by atoms with Gasteiger partial charge in [0.15, 0.2) is 0 Å². The number of methoxy groups -OCH3 is 1. The van der Waals surface area contributed by atoms with Crippen LogP contribution in [0.5, 0.6) is 11.5 Å². The van der Waals surface area contributed by atoms with Crippen molar-refractivity contribution in [3.05, 3.63) is 36.1 Å². The first-order valence-electron chi connectivity index (χ1n) is 10.4. The van der Waals surface area contributed by atoms with Crippen LogP contribution in [0.3, 0.4) is 0 Å². The number of rotatable bonds is 9. The van der Waals surface area contributed by atoms with Gasteiger partial charge in [-0.3, -0.25) is 4.79 Å². The van der Waals surface area contributed by atoms with Crippen molar-refractivity contribution in [2.24, 2.45) is 11.8 Å². The molecular formula is C23H27NO5S. The number of ether oxygens (including phenoxy) is 2. The summed E-state index contributed by atoms with van der Waals surface area (Å²) in [7, 11) is 1.58. The van der Waals surface area contributed by atoms with Crippen molar-refractivity contribution in [1.82, 2.24) is 5.32 Å². The number of furan rings is 1. The van der Waals surface area contributed by atoms with Gasteiger partial charge in [0.25, 0.3) is 5.91 Å². The summed E-state index contributed by atoms with van der Waals surface area (Å²) < 4.78 is 16.8. The molecule has 0 aliphatic heterocycles. The van der Waals surface area contributed by atoms with Crippen molar-refractivity contribution in [3.8, 4) is 22.8 Å². The SMILES string of the molecule is COc1cc(OCCO)cc(-c2ccc(CC(=S)C(=O)NC3CC4CCC3C4)o2)c1. The summed E-state index contributed by atoms with van der Waals surface area (Å²) in [5.41, 5.74) is 0.783. The average molecular weight is 430 g/mol. The number of aliphatic hydroxyl groups is 1. The summed E-state index contributed by atoms with van der Waals surface area (Å²) in [6, 6.07) is 9.36. The highest BCUT2D eigenvalue weighted by atomic mass is 32.1. The van der Waals surface area contributed by atoms with Gasteiger partial charge in [0.1, 0.15) is 29.6 Å². The van der Waals surface area contributed by atoms with Crippen LogP contribution in [0.1, 0.15) is 31.4 Å². The Labute approximate surface area is 181 Å². The number of benzene rings is 1. The van der Waals surface area contributed by atoms with E-state index >= 15 is 0 Å². The van der Waals surface area contributed by atoms with Gasteiger partial charge in [-0.2, -0.15) is 0 Å². The molecule has 7 heteroatoms. The fourth-order valence-electron chi connectivity index (χ4n) is 4.62. The van der Waals surface area contributed by atoms with E-state index in [1.807, 2.05) is 24.3 Å². The van der Waals surface area contributed by atoms with E-state index in [2.05, 4.69) is 5.32 Å². The zero-order valence-electron chi connectivity index (χ0n) is 17.1. The van der Waals surface area contributed by atoms with E-state index in [-0.39, 0.29) is 25.2 Å². The number of carbonyl (C=O) groups excluding carboxylic acids is 1. The van der Waals surface area contributed by atoms with E-state index < -0.39 is 0 Å². The van der Waals surface area contributed by atoms with Crippen molar-refractivity contribution >= 4 is 23.0 Å². The van der Waals surface area contributed by atoms with Crippen LogP contribution in [0.2, 0.25) is 0 Å². The van der Waals surface area contributed by atoms with Crippen LogP contribution >= 0.6 is 12.2 Å². The van der Waals surface area contributed by atoms with Gasteiger partial charge in [0.2, 0.25) is 0 Å². The summed E-state index contributed by atoms with van der Waals surface area (Å²) in [4.78, 5) is 12.9. The van der Waals surface area contributed by atoms with Crippen molar-refractivity contribution in [1.29, 1.82) is 0 Å². The number of thiocarbonyl (C=S) groups is 1. The first-order chi connectivity index (χ1) is 14.6. The lowest BCUT2D eigenvalue weighted by atomic mass is 9.95. The molecule has 0 spiro atoms. The predicted octanol–water partition coefficient (Wildman–Crippen LogP) is 3.54. The van der Waals surface area contributed by atoms with E-state index in [4.69, 9.17) is 31.2 Å². The normalized spacial score (nSPS) is 22.1. The molecule has 160 valence electrons. The van der Waals surface area contributed by atoms with Crippen LogP contribution in [0.4, 0.5) is 0 Å².